The molecule has 0 aliphatic carbocycles. The number of hydrogen-bond donors (Lipinski definition) is 0. The van der Waals surface area contributed by atoms with Gasteiger partial charge in [0.2, 0.25) is 5.79 Å². The summed E-state index contributed by atoms with van der Waals surface area (Å²) >= 11 is 0. The van der Waals surface area contributed by atoms with Crippen molar-refractivity contribution in [2.45, 2.75) is 31.3 Å². The van der Waals surface area contributed by atoms with Gasteiger partial charge >= 0.3 is 0 Å². The van der Waals surface area contributed by atoms with Gasteiger partial charge in [0.25, 0.3) is 5.79 Å². The summed E-state index contributed by atoms with van der Waals surface area (Å²) in [6.45, 7) is 4.03. The summed E-state index contributed by atoms with van der Waals surface area (Å²) in [6.07, 6.45) is 0. The van der Waals surface area contributed by atoms with Crippen LogP contribution < -0.4 is 0 Å². The molecule has 3 atom stereocenters. The van der Waals surface area contributed by atoms with E-state index in [0.29, 0.717) is 0 Å². The molecule has 2 aromatic rings. The average molecular weight is 268 g/mol. The van der Waals surface area contributed by atoms with Crippen molar-refractivity contribution in [1.82, 2.24) is 0 Å². The van der Waals surface area contributed by atoms with Crippen molar-refractivity contribution >= 4 is 0 Å². The van der Waals surface area contributed by atoms with E-state index in [4.69, 9.17) is 14.5 Å². The van der Waals surface area contributed by atoms with E-state index in [-0.39, 0.29) is 5.92 Å². The molecule has 0 N–H and O–H groups in total. The van der Waals surface area contributed by atoms with Gasteiger partial charge in [-0.25, -0.2) is 0 Å². The van der Waals surface area contributed by atoms with Crippen LogP contribution in [0.2, 0.25) is 0 Å². The predicted octanol–water partition coefficient (Wildman–Crippen LogP) is 3.70. The number of benzene rings is 2. The van der Waals surface area contributed by atoms with Crippen molar-refractivity contribution < 1.29 is 14.5 Å². The zero-order valence-corrected chi connectivity index (χ0v) is 11.5. The zero-order valence-electron chi connectivity index (χ0n) is 11.5. The molecule has 0 saturated carbocycles. The van der Waals surface area contributed by atoms with E-state index in [1.807, 2.05) is 55.5 Å². The predicted molar refractivity (Wildman–Crippen MR) is 73.7 cm³/mol. The number of fused-ring (bicyclic) bond motifs is 4. The van der Waals surface area contributed by atoms with Crippen LogP contribution in [0.5, 0.6) is 0 Å². The number of hydrogen-bond acceptors (Lipinski definition) is 3. The highest BCUT2D eigenvalue weighted by atomic mass is 17.3. The van der Waals surface area contributed by atoms with Gasteiger partial charge in [-0.2, -0.15) is 9.78 Å². The van der Waals surface area contributed by atoms with E-state index in [1.165, 1.54) is 5.56 Å². The van der Waals surface area contributed by atoms with E-state index >= 15 is 0 Å². The third-order valence-corrected chi connectivity index (χ3v) is 4.39. The van der Waals surface area contributed by atoms with Crippen LogP contribution in [0.25, 0.3) is 0 Å². The Hall–Kier alpha value is -1.68. The highest BCUT2D eigenvalue weighted by Gasteiger charge is 2.60. The van der Waals surface area contributed by atoms with Crippen LogP contribution in [0.15, 0.2) is 54.6 Å². The first kappa shape index (κ1) is 12.1. The third-order valence-electron chi connectivity index (χ3n) is 4.39. The largest absolute Gasteiger partial charge is 0.304 e. The Balaban J connectivity index is 2.00. The second kappa shape index (κ2) is 3.92. The maximum atomic E-state index is 6.25. The van der Waals surface area contributed by atoms with Crippen molar-refractivity contribution in [3.8, 4) is 0 Å². The monoisotopic (exact) mass is 268 g/mol. The summed E-state index contributed by atoms with van der Waals surface area (Å²) in [6, 6.07) is 18.2. The molecule has 102 valence electrons. The van der Waals surface area contributed by atoms with Gasteiger partial charge in [0.05, 0.1) is 0 Å². The van der Waals surface area contributed by atoms with Gasteiger partial charge in [-0.3, -0.25) is 0 Å². The lowest BCUT2D eigenvalue weighted by atomic mass is 9.81. The van der Waals surface area contributed by atoms with Crippen LogP contribution in [-0.2, 0) is 20.3 Å². The fourth-order valence-electron chi connectivity index (χ4n) is 3.10. The lowest BCUT2D eigenvalue weighted by Crippen LogP contribution is -2.42. The van der Waals surface area contributed by atoms with Crippen LogP contribution in [0.4, 0.5) is 0 Å². The van der Waals surface area contributed by atoms with Crippen molar-refractivity contribution in [1.29, 1.82) is 0 Å². The molecule has 3 heteroatoms. The molecular weight excluding hydrogens is 252 g/mol. The van der Waals surface area contributed by atoms with E-state index in [0.717, 1.165) is 11.1 Å². The van der Waals surface area contributed by atoms with E-state index in [2.05, 4.69) is 13.0 Å². The van der Waals surface area contributed by atoms with Crippen LogP contribution in [0, 0.1) is 0 Å². The molecule has 3 nitrogen and oxygen atoms in total. The Kier molecular flexibility index (Phi) is 2.37. The summed E-state index contributed by atoms with van der Waals surface area (Å²) in [5.74, 6) is -1.61. The van der Waals surface area contributed by atoms with Gasteiger partial charge < -0.3 is 4.74 Å². The first-order chi connectivity index (χ1) is 9.66. The topological polar surface area (TPSA) is 27.7 Å². The molecule has 0 aromatic heterocycles. The Morgan fingerprint density at radius 2 is 1.60 bits per heavy atom. The molecule has 2 aromatic carbocycles. The molecule has 0 spiro atoms. The minimum atomic E-state index is -0.959. The fraction of sp³-hybridized carbons (Fsp3) is 0.294. The normalized spacial score (nSPS) is 34.8. The van der Waals surface area contributed by atoms with Gasteiger partial charge in [0.15, 0.2) is 0 Å². The van der Waals surface area contributed by atoms with Gasteiger partial charge in [-0.05, 0) is 12.5 Å². The smallest absolute Gasteiger partial charge is 0.257 e. The molecule has 0 amide bonds. The highest BCUT2D eigenvalue weighted by Crippen LogP contribution is 2.55. The summed E-state index contributed by atoms with van der Waals surface area (Å²) in [5.41, 5.74) is 3.18. The molecule has 2 bridgehead atoms. The Morgan fingerprint density at radius 1 is 0.900 bits per heavy atom. The molecule has 0 radical (unpaired) electrons. The highest BCUT2D eigenvalue weighted by molar-refractivity contribution is 5.44. The zero-order chi connectivity index (χ0) is 13.8. The minimum absolute atomic E-state index is 0.109. The summed E-state index contributed by atoms with van der Waals surface area (Å²) in [5, 5.41) is 0. The SMILES string of the molecule is CC1c2ccccc2[C@]2(c3ccccc3)OO[C@@]1(C)O2. The molecule has 2 aliphatic heterocycles. The first-order valence-corrected chi connectivity index (χ1v) is 6.88. The Morgan fingerprint density at radius 3 is 2.40 bits per heavy atom. The molecular formula is C17H16O3. The van der Waals surface area contributed by atoms with Crippen LogP contribution >= 0.6 is 0 Å². The standard InChI is InChI=1S/C17H16O3/c1-12-14-10-6-7-11-15(14)17(13-8-4-3-5-9-13)18-16(12,2)19-20-17/h3-12H,1-2H3/t12?,16-,17+/m1/s1. The van der Waals surface area contributed by atoms with E-state index in [1.54, 1.807) is 0 Å². The average Bonchev–Trinajstić information content (AvgIpc) is 2.84. The molecule has 4 rings (SSSR count). The van der Waals surface area contributed by atoms with Crippen molar-refractivity contribution in [3.63, 3.8) is 0 Å². The van der Waals surface area contributed by atoms with Crippen LogP contribution in [0.3, 0.4) is 0 Å². The summed E-state index contributed by atoms with van der Waals surface area (Å²) < 4.78 is 6.25. The van der Waals surface area contributed by atoms with E-state index in [9.17, 15) is 0 Å². The maximum absolute atomic E-state index is 6.25. The molecule has 2 aliphatic rings. The molecule has 2 heterocycles. The second-order valence-electron chi connectivity index (χ2n) is 5.58. The van der Waals surface area contributed by atoms with E-state index < -0.39 is 11.6 Å². The van der Waals surface area contributed by atoms with Gasteiger partial charge in [-0.15, -0.1) is 0 Å². The molecule has 1 saturated heterocycles. The fourth-order valence-corrected chi connectivity index (χ4v) is 3.10. The quantitative estimate of drug-likeness (QED) is 0.738. The van der Waals surface area contributed by atoms with Crippen molar-refractivity contribution in [3.05, 3.63) is 71.3 Å². The second-order valence-corrected chi connectivity index (χ2v) is 5.58. The molecule has 20 heavy (non-hydrogen) atoms. The Bertz CT molecular complexity index is 654. The van der Waals surface area contributed by atoms with Gasteiger partial charge in [-0.1, -0.05) is 61.5 Å². The lowest BCUT2D eigenvalue weighted by Gasteiger charge is -2.38. The van der Waals surface area contributed by atoms with Gasteiger partial charge in [0.1, 0.15) is 0 Å². The third kappa shape index (κ3) is 1.40. The first-order valence-electron chi connectivity index (χ1n) is 6.88. The number of ether oxygens (including phenoxy) is 1. The summed E-state index contributed by atoms with van der Waals surface area (Å²) in [7, 11) is 0. The summed E-state index contributed by atoms with van der Waals surface area (Å²) in [4.78, 5) is 11.3. The van der Waals surface area contributed by atoms with Gasteiger partial charge in [0, 0.05) is 17.0 Å². The van der Waals surface area contributed by atoms with Crippen LogP contribution in [-0.4, -0.2) is 5.79 Å². The van der Waals surface area contributed by atoms with Crippen LogP contribution in [0.1, 0.15) is 36.5 Å². The van der Waals surface area contributed by atoms with Crippen molar-refractivity contribution in [2.24, 2.45) is 0 Å². The Labute approximate surface area is 118 Å². The number of rotatable bonds is 1. The lowest BCUT2D eigenvalue weighted by molar-refractivity contribution is -0.342. The maximum Gasteiger partial charge on any atom is 0.257 e. The molecule has 1 unspecified atom stereocenters. The van der Waals surface area contributed by atoms with Crippen molar-refractivity contribution in [2.75, 3.05) is 0 Å². The minimum Gasteiger partial charge on any atom is -0.304 e. The molecule has 1 fully saturated rings.